The largest absolute Gasteiger partial charge is 0.479 e. The van der Waals surface area contributed by atoms with Crippen molar-refractivity contribution in [2.75, 3.05) is 0 Å². The number of aliphatic carboxylic acids is 1. The Morgan fingerprint density at radius 2 is 2.00 bits per heavy atom. The number of aromatic nitrogens is 3. The Hall–Kier alpha value is -2.70. The van der Waals surface area contributed by atoms with Crippen molar-refractivity contribution in [2.24, 2.45) is 5.10 Å². The summed E-state index contributed by atoms with van der Waals surface area (Å²) in [5.41, 5.74) is 0.851. The van der Waals surface area contributed by atoms with Crippen molar-refractivity contribution in [3.8, 4) is 5.75 Å². The van der Waals surface area contributed by atoms with E-state index in [0.717, 1.165) is 5.56 Å². The van der Waals surface area contributed by atoms with E-state index in [1.807, 2.05) is 0 Å². The third-order valence-electron chi connectivity index (χ3n) is 2.29. The fourth-order valence-electron chi connectivity index (χ4n) is 1.28. The van der Waals surface area contributed by atoms with E-state index in [1.165, 1.54) is 24.3 Å². The molecule has 0 saturated heterocycles. The van der Waals surface area contributed by atoms with Crippen LogP contribution in [0.4, 0.5) is 0 Å². The number of benzene rings is 1. The minimum absolute atomic E-state index is 0.497. The molecule has 19 heavy (non-hydrogen) atoms. The monoisotopic (exact) mass is 260 g/mol. The first-order chi connectivity index (χ1) is 9.15. The highest BCUT2D eigenvalue weighted by atomic mass is 16.5. The number of ether oxygens (including phenoxy) is 1. The summed E-state index contributed by atoms with van der Waals surface area (Å²) >= 11 is 0. The lowest BCUT2D eigenvalue weighted by Crippen LogP contribution is -2.22. The SMILES string of the molecule is C[C@@H](Oc1ccc(C=Nn2cnnc2)cc1)C(=O)O. The molecule has 0 radical (unpaired) electrons. The lowest BCUT2D eigenvalue weighted by atomic mass is 10.2. The van der Waals surface area contributed by atoms with Gasteiger partial charge in [0.05, 0.1) is 6.21 Å². The molecule has 0 amide bonds. The van der Waals surface area contributed by atoms with Gasteiger partial charge in [0.1, 0.15) is 18.4 Å². The molecule has 7 heteroatoms. The quantitative estimate of drug-likeness (QED) is 0.810. The molecule has 0 fully saturated rings. The molecule has 1 aromatic heterocycles. The first-order valence-corrected chi connectivity index (χ1v) is 5.53. The van der Waals surface area contributed by atoms with Gasteiger partial charge in [0.2, 0.25) is 0 Å². The van der Waals surface area contributed by atoms with Gasteiger partial charge < -0.3 is 9.84 Å². The van der Waals surface area contributed by atoms with E-state index < -0.39 is 12.1 Å². The minimum atomic E-state index is -1.00. The van der Waals surface area contributed by atoms with Gasteiger partial charge in [-0.2, -0.15) is 5.10 Å². The van der Waals surface area contributed by atoms with Crippen molar-refractivity contribution in [1.82, 2.24) is 14.9 Å². The smallest absolute Gasteiger partial charge is 0.344 e. The van der Waals surface area contributed by atoms with E-state index in [0.29, 0.717) is 5.75 Å². The molecule has 1 atom stereocenters. The minimum Gasteiger partial charge on any atom is -0.479 e. The van der Waals surface area contributed by atoms with E-state index >= 15 is 0 Å². The second kappa shape index (κ2) is 5.76. The number of carboxylic acid groups (broad SMARTS) is 1. The first-order valence-electron chi connectivity index (χ1n) is 5.53. The summed E-state index contributed by atoms with van der Waals surface area (Å²) in [5, 5.41) is 20.1. The Morgan fingerprint density at radius 1 is 1.37 bits per heavy atom. The highest BCUT2D eigenvalue weighted by Crippen LogP contribution is 2.13. The summed E-state index contributed by atoms with van der Waals surface area (Å²) < 4.78 is 6.68. The molecule has 0 saturated carbocycles. The fourth-order valence-corrected chi connectivity index (χ4v) is 1.28. The Kier molecular flexibility index (Phi) is 3.87. The van der Waals surface area contributed by atoms with Gasteiger partial charge in [-0.25, -0.2) is 9.47 Å². The maximum Gasteiger partial charge on any atom is 0.344 e. The Balaban J connectivity index is 2.00. The highest BCUT2D eigenvalue weighted by molar-refractivity contribution is 5.79. The zero-order valence-electron chi connectivity index (χ0n) is 10.2. The van der Waals surface area contributed by atoms with Crippen LogP contribution < -0.4 is 4.74 Å². The van der Waals surface area contributed by atoms with Crippen LogP contribution in [0, 0.1) is 0 Å². The van der Waals surface area contributed by atoms with Crippen molar-refractivity contribution >= 4 is 12.2 Å². The third kappa shape index (κ3) is 3.63. The van der Waals surface area contributed by atoms with E-state index in [9.17, 15) is 4.79 Å². The summed E-state index contributed by atoms with van der Waals surface area (Å²) in [4.78, 5) is 10.6. The molecular weight excluding hydrogens is 248 g/mol. The average Bonchev–Trinajstić information content (AvgIpc) is 2.91. The molecule has 1 aromatic carbocycles. The van der Waals surface area contributed by atoms with E-state index in [1.54, 1.807) is 30.5 Å². The van der Waals surface area contributed by atoms with Crippen LogP contribution in [0.1, 0.15) is 12.5 Å². The van der Waals surface area contributed by atoms with Gasteiger partial charge in [-0.1, -0.05) is 0 Å². The van der Waals surface area contributed by atoms with Crippen molar-refractivity contribution in [2.45, 2.75) is 13.0 Å². The average molecular weight is 260 g/mol. The predicted octanol–water partition coefficient (Wildman–Crippen LogP) is 1.01. The van der Waals surface area contributed by atoms with Crippen molar-refractivity contribution in [1.29, 1.82) is 0 Å². The maximum absolute atomic E-state index is 10.6. The summed E-state index contributed by atoms with van der Waals surface area (Å²) in [7, 11) is 0. The lowest BCUT2D eigenvalue weighted by molar-refractivity contribution is -0.144. The van der Waals surface area contributed by atoms with Crippen molar-refractivity contribution in [3.05, 3.63) is 42.5 Å². The normalized spacial score (nSPS) is 12.5. The second-order valence-corrected chi connectivity index (χ2v) is 3.75. The summed E-state index contributed by atoms with van der Waals surface area (Å²) in [6.07, 6.45) is 3.70. The summed E-state index contributed by atoms with van der Waals surface area (Å²) in [5.74, 6) is -0.505. The van der Waals surface area contributed by atoms with Gasteiger partial charge in [-0.05, 0) is 36.8 Å². The molecular formula is C12H12N4O3. The predicted molar refractivity (Wildman–Crippen MR) is 67.2 cm³/mol. The van der Waals surface area contributed by atoms with Crippen LogP contribution in [0.25, 0.3) is 0 Å². The van der Waals surface area contributed by atoms with Crippen LogP contribution in [0.5, 0.6) is 5.75 Å². The number of hydrogen-bond acceptors (Lipinski definition) is 5. The second-order valence-electron chi connectivity index (χ2n) is 3.75. The molecule has 0 unspecified atom stereocenters. The van der Waals surface area contributed by atoms with Crippen LogP contribution in [-0.4, -0.2) is 38.3 Å². The molecule has 2 rings (SSSR count). The molecule has 7 nitrogen and oxygen atoms in total. The summed E-state index contributed by atoms with van der Waals surface area (Å²) in [6.45, 7) is 1.48. The Bertz CT molecular complexity index is 563. The molecule has 0 aliphatic heterocycles. The van der Waals surface area contributed by atoms with Crippen LogP contribution in [0.3, 0.4) is 0 Å². The van der Waals surface area contributed by atoms with Gasteiger partial charge >= 0.3 is 5.97 Å². The van der Waals surface area contributed by atoms with Crippen molar-refractivity contribution < 1.29 is 14.6 Å². The maximum atomic E-state index is 10.6. The third-order valence-corrected chi connectivity index (χ3v) is 2.29. The standard InChI is InChI=1S/C12H12N4O3/c1-9(12(17)18)19-11-4-2-10(3-5-11)6-15-16-7-13-14-8-16/h2-9H,1H3,(H,17,18)/t9-/m1/s1. The molecule has 0 aliphatic carbocycles. The van der Waals surface area contributed by atoms with E-state index in [4.69, 9.17) is 9.84 Å². The Labute approximate surface area is 109 Å². The molecule has 0 aliphatic rings. The Morgan fingerprint density at radius 3 is 2.58 bits per heavy atom. The molecule has 1 N–H and O–H groups in total. The van der Waals surface area contributed by atoms with E-state index in [2.05, 4.69) is 15.3 Å². The highest BCUT2D eigenvalue weighted by Gasteiger charge is 2.11. The topological polar surface area (TPSA) is 89.6 Å². The lowest BCUT2D eigenvalue weighted by Gasteiger charge is -2.09. The number of hydrogen-bond donors (Lipinski definition) is 1. The molecule has 1 heterocycles. The first kappa shape index (κ1) is 12.7. The van der Waals surface area contributed by atoms with E-state index in [-0.39, 0.29) is 0 Å². The fraction of sp³-hybridized carbons (Fsp3) is 0.167. The van der Waals surface area contributed by atoms with Gasteiger partial charge in [-0.3, -0.25) is 0 Å². The number of carboxylic acids is 1. The van der Waals surface area contributed by atoms with Gasteiger partial charge in [0.15, 0.2) is 6.10 Å². The van der Waals surface area contributed by atoms with Gasteiger partial charge in [-0.15, -0.1) is 10.2 Å². The number of nitrogens with zero attached hydrogens (tertiary/aromatic N) is 4. The molecule has 0 spiro atoms. The van der Waals surface area contributed by atoms with Gasteiger partial charge in [0.25, 0.3) is 0 Å². The number of rotatable bonds is 5. The number of carbonyl (C=O) groups is 1. The van der Waals surface area contributed by atoms with Crippen molar-refractivity contribution in [3.63, 3.8) is 0 Å². The molecule has 98 valence electrons. The zero-order chi connectivity index (χ0) is 13.7. The molecule has 2 aromatic rings. The van der Waals surface area contributed by atoms with Crippen LogP contribution >= 0.6 is 0 Å². The summed E-state index contributed by atoms with van der Waals surface area (Å²) in [6, 6.07) is 6.93. The van der Waals surface area contributed by atoms with Crippen LogP contribution in [0.2, 0.25) is 0 Å². The molecule has 0 bridgehead atoms. The zero-order valence-corrected chi connectivity index (χ0v) is 10.2. The van der Waals surface area contributed by atoms with Crippen LogP contribution in [0.15, 0.2) is 42.0 Å². The van der Waals surface area contributed by atoms with Gasteiger partial charge in [0, 0.05) is 0 Å². The van der Waals surface area contributed by atoms with Crippen LogP contribution in [-0.2, 0) is 4.79 Å².